The lowest BCUT2D eigenvalue weighted by molar-refractivity contribution is -0.132. The van der Waals surface area contributed by atoms with E-state index in [1.807, 2.05) is 13.1 Å². The molecule has 2 aromatic rings. The highest BCUT2D eigenvalue weighted by atomic mass is 16.3. The van der Waals surface area contributed by atoms with Crippen LogP contribution in [0, 0.1) is 6.92 Å². The van der Waals surface area contributed by atoms with Crippen LogP contribution in [0.15, 0.2) is 36.7 Å². The Morgan fingerprint density at radius 2 is 2.08 bits per heavy atom. The third-order valence-electron chi connectivity index (χ3n) is 5.47. The van der Waals surface area contributed by atoms with Gasteiger partial charge in [0.05, 0.1) is 18.3 Å². The minimum Gasteiger partial charge on any atom is -0.387 e. The molecule has 3 heterocycles. The SMILES string of the molecule is Cc1cnn(CC(=O)N2CC[C@](O)(CN3CCc4ccccc4C3)C2)c1. The van der Waals surface area contributed by atoms with Crippen molar-refractivity contribution in [2.24, 2.45) is 0 Å². The Morgan fingerprint density at radius 3 is 2.85 bits per heavy atom. The molecular formula is C20H26N4O2. The van der Waals surface area contributed by atoms with Gasteiger partial charge in [-0.15, -0.1) is 0 Å². The van der Waals surface area contributed by atoms with Gasteiger partial charge in [0.15, 0.2) is 0 Å². The van der Waals surface area contributed by atoms with E-state index >= 15 is 0 Å². The molecule has 1 fully saturated rings. The molecule has 138 valence electrons. The van der Waals surface area contributed by atoms with E-state index < -0.39 is 5.60 Å². The van der Waals surface area contributed by atoms with Crippen LogP contribution < -0.4 is 0 Å². The molecule has 0 radical (unpaired) electrons. The zero-order valence-corrected chi connectivity index (χ0v) is 15.3. The molecule has 0 aliphatic carbocycles. The predicted molar refractivity (Wildman–Crippen MR) is 98.5 cm³/mol. The van der Waals surface area contributed by atoms with E-state index in [0.717, 1.165) is 25.1 Å². The van der Waals surface area contributed by atoms with Crippen molar-refractivity contribution >= 4 is 5.91 Å². The van der Waals surface area contributed by atoms with E-state index in [9.17, 15) is 9.90 Å². The van der Waals surface area contributed by atoms with Gasteiger partial charge in [-0.3, -0.25) is 14.4 Å². The molecule has 2 aliphatic rings. The molecule has 2 aliphatic heterocycles. The van der Waals surface area contributed by atoms with Gasteiger partial charge in [0.25, 0.3) is 0 Å². The minimum atomic E-state index is -0.817. The summed E-state index contributed by atoms with van der Waals surface area (Å²) in [5.74, 6) is 0.0213. The molecule has 0 unspecified atom stereocenters. The van der Waals surface area contributed by atoms with Crippen molar-refractivity contribution in [1.29, 1.82) is 0 Å². The molecule has 1 saturated heterocycles. The van der Waals surface area contributed by atoms with Crippen molar-refractivity contribution in [3.63, 3.8) is 0 Å². The summed E-state index contributed by atoms with van der Waals surface area (Å²) in [5.41, 5.74) is 2.99. The number of fused-ring (bicyclic) bond motifs is 1. The average molecular weight is 354 g/mol. The molecule has 1 aromatic carbocycles. The molecule has 1 aromatic heterocycles. The summed E-state index contributed by atoms with van der Waals surface area (Å²) in [6, 6.07) is 8.52. The fraction of sp³-hybridized carbons (Fsp3) is 0.500. The van der Waals surface area contributed by atoms with Crippen molar-refractivity contribution < 1.29 is 9.90 Å². The summed E-state index contributed by atoms with van der Waals surface area (Å²) < 4.78 is 1.66. The summed E-state index contributed by atoms with van der Waals surface area (Å²) in [5, 5.41) is 15.2. The van der Waals surface area contributed by atoms with Crippen LogP contribution in [0.1, 0.15) is 23.1 Å². The Bertz CT molecular complexity index is 803. The number of likely N-dealkylation sites (tertiary alicyclic amines) is 1. The molecule has 6 nitrogen and oxygen atoms in total. The minimum absolute atomic E-state index is 0.0213. The molecule has 1 N–H and O–H groups in total. The molecule has 4 rings (SSSR count). The lowest BCUT2D eigenvalue weighted by atomic mass is 9.97. The number of nitrogens with zero attached hydrogens (tertiary/aromatic N) is 4. The first-order valence-corrected chi connectivity index (χ1v) is 9.29. The second-order valence-electron chi connectivity index (χ2n) is 7.73. The van der Waals surface area contributed by atoms with Crippen LogP contribution >= 0.6 is 0 Å². The lowest BCUT2D eigenvalue weighted by Crippen LogP contribution is -2.47. The largest absolute Gasteiger partial charge is 0.387 e. The number of aromatic nitrogens is 2. The first-order valence-electron chi connectivity index (χ1n) is 9.29. The van der Waals surface area contributed by atoms with Gasteiger partial charge >= 0.3 is 0 Å². The Hall–Kier alpha value is -2.18. The maximum absolute atomic E-state index is 12.5. The topological polar surface area (TPSA) is 61.6 Å². The first-order chi connectivity index (χ1) is 12.5. The van der Waals surface area contributed by atoms with Crippen molar-refractivity contribution in [1.82, 2.24) is 19.6 Å². The van der Waals surface area contributed by atoms with Crippen LogP contribution in [0.25, 0.3) is 0 Å². The van der Waals surface area contributed by atoms with Crippen molar-refractivity contribution in [3.8, 4) is 0 Å². The van der Waals surface area contributed by atoms with Gasteiger partial charge in [0.1, 0.15) is 6.54 Å². The third kappa shape index (κ3) is 3.66. The Labute approximate surface area is 154 Å². The van der Waals surface area contributed by atoms with Gasteiger partial charge in [0.2, 0.25) is 5.91 Å². The van der Waals surface area contributed by atoms with Crippen LogP contribution in [-0.2, 0) is 24.3 Å². The van der Waals surface area contributed by atoms with Gasteiger partial charge in [-0.25, -0.2) is 0 Å². The second kappa shape index (κ2) is 6.85. The van der Waals surface area contributed by atoms with E-state index in [4.69, 9.17) is 0 Å². The standard InChI is InChI=1S/C20H26N4O2/c1-16-10-21-24(11-16)13-19(25)23-9-7-20(26,15-23)14-22-8-6-17-4-2-3-5-18(17)12-22/h2-5,10-11,26H,6-9,12-15H2,1H3/t20-/m0/s1. The molecule has 0 spiro atoms. The highest BCUT2D eigenvalue weighted by molar-refractivity contribution is 5.76. The zero-order chi connectivity index (χ0) is 18.1. The third-order valence-corrected chi connectivity index (χ3v) is 5.47. The Balaban J connectivity index is 1.34. The lowest BCUT2D eigenvalue weighted by Gasteiger charge is -2.34. The number of benzene rings is 1. The van der Waals surface area contributed by atoms with E-state index in [2.05, 4.69) is 34.3 Å². The number of carbonyl (C=O) groups is 1. The summed E-state index contributed by atoms with van der Waals surface area (Å²) >= 11 is 0. The predicted octanol–water partition coefficient (Wildman–Crippen LogP) is 1.21. The number of aliphatic hydroxyl groups is 1. The fourth-order valence-electron chi connectivity index (χ4n) is 4.10. The maximum Gasteiger partial charge on any atom is 0.244 e. The molecule has 26 heavy (non-hydrogen) atoms. The normalized spacial score (nSPS) is 23.2. The molecule has 6 heteroatoms. The van der Waals surface area contributed by atoms with Gasteiger partial charge < -0.3 is 10.0 Å². The average Bonchev–Trinajstić information content (AvgIpc) is 3.20. The van der Waals surface area contributed by atoms with Gasteiger partial charge in [-0.1, -0.05) is 24.3 Å². The zero-order valence-electron chi connectivity index (χ0n) is 15.3. The fourth-order valence-corrected chi connectivity index (χ4v) is 4.10. The highest BCUT2D eigenvalue weighted by Crippen LogP contribution is 2.26. The van der Waals surface area contributed by atoms with Crippen LogP contribution in [0.3, 0.4) is 0 Å². The van der Waals surface area contributed by atoms with Crippen LogP contribution in [0.4, 0.5) is 0 Å². The smallest absolute Gasteiger partial charge is 0.244 e. The van der Waals surface area contributed by atoms with E-state index in [0.29, 0.717) is 26.1 Å². The number of aryl methyl sites for hydroxylation is 1. The van der Waals surface area contributed by atoms with E-state index in [-0.39, 0.29) is 12.5 Å². The maximum atomic E-state index is 12.5. The number of carbonyl (C=O) groups excluding carboxylic acids is 1. The van der Waals surface area contributed by atoms with Crippen LogP contribution in [-0.4, -0.2) is 62.4 Å². The van der Waals surface area contributed by atoms with Gasteiger partial charge in [-0.05, 0) is 36.5 Å². The van der Waals surface area contributed by atoms with Crippen molar-refractivity contribution in [2.75, 3.05) is 26.2 Å². The summed E-state index contributed by atoms with van der Waals surface area (Å²) in [4.78, 5) is 16.6. The molecule has 1 atom stereocenters. The number of amides is 1. The van der Waals surface area contributed by atoms with Crippen LogP contribution in [0.2, 0.25) is 0 Å². The van der Waals surface area contributed by atoms with E-state index in [1.54, 1.807) is 15.8 Å². The van der Waals surface area contributed by atoms with Crippen LogP contribution in [0.5, 0.6) is 0 Å². The monoisotopic (exact) mass is 354 g/mol. The van der Waals surface area contributed by atoms with Gasteiger partial charge in [-0.2, -0.15) is 5.10 Å². The quantitative estimate of drug-likeness (QED) is 0.897. The van der Waals surface area contributed by atoms with Gasteiger partial charge in [0, 0.05) is 32.4 Å². The van der Waals surface area contributed by atoms with Crippen molar-refractivity contribution in [3.05, 3.63) is 53.3 Å². The first kappa shape index (κ1) is 17.2. The second-order valence-corrected chi connectivity index (χ2v) is 7.73. The molecular weight excluding hydrogens is 328 g/mol. The summed E-state index contributed by atoms with van der Waals surface area (Å²) in [6.07, 6.45) is 5.27. The number of rotatable bonds is 4. The van der Waals surface area contributed by atoms with Crippen molar-refractivity contribution in [2.45, 2.75) is 38.5 Å². The highest BCUT2D eigenvalue weighted by Gasteiger charge is 2.39. The Morgan fingerprint density at radius 1 is 1.27 bits per heavy atom. The summed E-state index contributed by atoms with van der Waals surface area (Å²) in [7, 11) is 0. The summed E-state index contributed by atoms with van der Waals surface area (Å²) in [6.45, 7) is 5.66. The number of hydrogen-bond donors (Lipinski definition) is 1. The number of hydrogen-bond acceptors (Lipinski definition) is 4. The Kier molecular flexibility index (Phi) is 4.54. The molecule has 1 amide bonds. The molecule has 0 saturated carbocycles. The molecule has 0 bridgehead atoms. The van der Waals surface area contributed by atoms with E-state index in [1.165, 1.54) is 11.1 Å². The number of β-amino-alcohol motifs (C(OH)–C–C–N with tert-alkyl or cyclic N) is 1.